The first-order chi connectivity index (χ1) is 7.33. The smallest absolute Gasteiger partial charge is 0.0000330 e. The van der Waals surface area contributed by atoms with Crippen molar-refractivity contribution in [2.45, 2.75) is 65.2 Å². The Kier molecular flexibility index (Phi) is 22.7. The molecule has 2 N–H and O–H groups in total. The monoisotopic (exact) mass is 233 g/mol. The zero-order valence-electron chi connectivity index (χ0n) is 10.5. The first kappa shape index (κ1) is 17.4. The highest BCUT2D eigenvalue weighted by Gasteiger charge is 1.89. The lowest BCUT2D eigenvalue weighted by Gasteiger charge is -1.99. The molecule has 0 aromatic carbocycles. The Bertz CT molecular complexity index is 101. The third-order valence-electron chi connectivity index (χ3n) is 2.18. The summed E-state index contributed by atoms with van der Waals surface area (Å²) in [6, 6.07) is 0. The van der Waals surface area contributed by atoms with Crippen LogP contribution in [0.4, 0.5) is 0 Å². The number of hydrogen-bond donors (Lipinski definition) is 1. The second-order valence-corrected chi connectivity index (χ2v) is 3.97. The normalized spacial score (nSPS) is 10.1. The summed E-state index contributed by atoms with van der Waals surface area (Å²) in [6.07, 6.45) is 12.7. The number of hydrogen-bond acceptors (Lipinski definition) is 1. The van der Waals surface area contributed by atoms with E-state index < -0.39 is 0 Å². The summed E-state index contributed by atoms with van der Waals surface area (Å²) in [7, 11) is 0. The van der Waals surface area contributed by atoms with Gasteiger partial charge in [0.25, 0.3) is 0 Å². The third-order valence-corrected chi connectivity index (χ3v) is 2.44. The van der Waals surface area contributed by atoms with Crippen LogP contribution in [0.2, 0.25) is 0 Å². The summed E-state index contributed by atoms with van der Waals surface area (Å²) >= 11 is 5.01. The van der Waals surface area contributed by atoms with Crippen LogP contribution < -0.4 is 5.73 Å². The number of unbranched alkanes of at least 4 members (excludes halogenated alkanes) is 7. The Labute approximate surface area is 101 Å². The van der Waals surface area contributed by atoms with Gasteiger partial charge in [-0.2, -0.15) is 0 Å². The molecular weight excluding hydrogens is 206 g/mol. The van der Waals surface area contributed by atoms with Crippen LogP contribution in [0.15, 0.2) is 11.6 Å². The maximum atomic E-state index is 5.39. The van der Waals surface area contributed by atoms with Crippen molar-refractivity contribution in [2.24, 2.45) is 5.73 Å². The largest absolute Gasteiger partial charge is 0.330 e. The minimum Gasteiger partial charge on any atom is -0.330 e. The molecule has 0 rings (SSSR count). The Morgan fingerprint density at radius 1 is 0.933 bits per heavy atom. The van der Waals surface area contributed by atoms with E-state index >= 15 is 0 Å². The molecule has 2 heteroatoms. The molecule has 0 aromatic rings. The minimum atomic E-state index is 0.870. The van der Waals surface area contributed by atoms with Gasteiger partial charge in [0.05, 0.1) is 0 Å². The van der Waals surface area contributed by atoms with Gasteiger partial charge < -0.3 is 5.73 Å². The fourth-order valence-electron chi connectivity index (χ4n) is 1.28. The van der Waals surface area contributed by atoms with Crippen molar-refractivity contribution in [3.8, 4) is 0 Å². The van der Waals surface area contributed by atoms with E-state index in [0.717, 1.165) is 6.54 Å². The molecule has 0 heterocycles. The Morgan fingerprint density at radius 2 is 1.33 bits per heavy atom. The summed E-state index contributed by atoms with van der Waals surface area (Å²) in [5, 5.41) is 0. The first-order valence-corrected chi connectivity index (χ1v) is 6.68. The molecule has 0 bridgehead atoms. The standard InChI is InChI=1S/C10H23N.C3H5Cl/c1-2-3-4-5-6-7-8-9-10-11;1-2-3-4/h2-11H2,1H3;2-3H,1H3. The predicted octanol–water partition coefficient (Wildman–Crippen LogP) is 4.84. The molecule has 0 atom stereocenters. The van der Waals surface area contributed by atoms with Gasteiger partial charge in [-0.25, -0.2) is 0 Å². The van der Waals surface area contributed by atoms with Gasteiger partial charge in [0.15, 0.2) is 0 Å². The minimum absolute atomic E-state index is 0.870. The van der Waals surface area contributed by atoms with Crippen molar-refractivity contribution in [3.63, 3.8) is 0 Å². The maximum Gasteiger partial charge on any atom is -0.0000330 e. The zero-order valence-corrected chi connectivity index (χ0v) is 11.2. The van der Waals surface area contributed by atoms with Gasteiger partial charge in [-0.3, -0.25) is 0 Å². The highest BCUT2D eigenvalue weighted by molar-refractivity contribution is 6.25. The number of rotatable bonds is 8. The van der Waals surface area contributed by atoms with Gasteiger partial charge in [0.2, 0.25) is 0 Å². The first-order valence-electron chi connectivity index (χ1n) is 6.24. The van der Waals surface area contributed by atoms with Crippen LogP contribution in [0, 0.1) is 0 Å². The molecule has 0 fully saturated rings. The average Bonchev–Trinajstić information content (AvgIpc) is 2.28. The molecule has 0 amide bonds. The summed E-state index contributed by atoms with van der Waals surface area (Å²) in [5.74, 6) is 0. The van der Waals surface area contributed by atoms with E-state index in [0.29, 0.717) is 0 Å². The van der Waals surface area contributed by atoms with Crippen molar-refractivity contribution < 1.29 is 0 Å². The van der Waals surface area contributed by atoms with E-state index in [1.807, 2.05) is 6.92 Å². The number of allylic oxidation sites excluding steroid dienone is 1. The van der Waals surface area contributed by atoms with Crippen LogP contribution in [0.25, 0.3) is 0 Å². The molecule has 1 nitrogen and oxygen atoms in total. The van der Waals surface area contributed by atoms with Crippen molar-refractivity contribution in [3.05, 3.63) is 11.6 Å². The van der Waals surface area contributed by atoms with Gasteiger partial charge >= 0.3 is 0 Å². The van der Waals surface area contributed by atoms with E-state index in [1.54, 1.807) is 6.08 Å². The van der Waals surface area contributed by atoms with Gasteiger partial charge in [-0.1, -0.05) is 69.5 Å². The lowest BCUT2D eigenvalue weighted by molar-refractivity contribution is 0.578. The zero-order chi connectivity index (χ0) is 11.8. The molecular formula is C13H28ClN. The van der Waals surface area contributed by atoms with E-state index in [4.69, 9.17) is 17.3 Å². The molecule has 0 radical (unpaired) electrons. The van der Waals surface area contributed by atoms with Gasteiger partial charge in [-0.05, 0) is 25.4 Å². The Morgan fingerprint density at radius 3 is 1.67 bits per heavy atom. The molecule has 0 aromatic heterocycles. The average molecular weight is 234 g/mol. The molecule has 0 aliphatic carbocycles. The number of halogens is 1. The molecule has 0 aliphatic heterocycles. The maximum absolute atomic E-state index is 5.39. The van der Waals surface area contributed by atoms with Crippen LogP contribution in [0.3, 0.4) is 0 Å². The highest BCUT2D eigenvalue weighted by atomic mass is 35.5. The Hall–Kier alpha value is -0.0100. The van der Waals surface area contributed by atoms with E-state index in [-0.39, 0.29) is 0 Å². The predicted molar refractivity (Wildman–Crippen MR) is 72.3 cm³/mol. The van der Waals surface area contributed by atoms with Gasteiger partial charge in [0, 0.05) is 0 Å². The molecule has 0 spiro atoms. The molecule has 15 heavy (non-hydrogen) atoms. The topological polar surface area (TPSA) is 26.0 Å². The summed E-state index contributed by atoms with van der Waals surface area (Å²) in [4.78, 5) is 0. The highest BCUT2D eigenvalue weighted by Crippen LogP contribution is 2.07. The van der Waals surface area contributed by atoms with Crippen LogP contribution in [-0.4, -0.2) is 6.54 Å². The summed E-state index contributed by atoms with van der Waals surface area (Å²) < 4.78 is 0. The van der Waals surface area contributed by atoms with Crippen LogP contribution in [-0.2, 0) is 0 Å². The molecule has 0 unspecified atom stereocenters. The van der Waals surface area contributed by atoms with Crippen molar-refractivity contribution in [2.75, 3.05) is 6.54 Å². The van der Waals surface area contributed by atoms with E-state index in [1.165, 1.54) is 56.9 Å². The second-order valence-electron chi connectivity index (χ2n) is 3.72. The molecule has 0 saturated heterocycles. The van der Waals surface area contributed by atoms with Crippen molar-refractivity contribution in [1.29, 1.82) is 0 Å². The number of nitrogens with two attached hydrogens (primary N) is 1. The van der Waals surface area contributed by atoms with Crippen LogP contribution in [0.5, 0.6) is 0 Å². The van der Waals surface area contributed by atoms with E-state index in [9.17, 15) is 0 Å². The van der Waals surface area contributed by atoms with Crippen molar-refractivity contribution >= 4 is 11.6 Å². The summed E-state index contributed by atoms with van der Waals surface area (Å²) in [6.45, 7) is 5.00. The fourth-order valence-corrected chi connectivity index (χ4v) is 1.28. The van der Waals surface area contributed by atoms with Gasteiger partial charge in [0.1, 0.15) is 0 Å². The van der Waals surface area contributed by atoms with Gasteiger partial charge in [-0.15, -0.1) is 0 Å². The van der Waals surface area contributed by atoms with E-state index in [2.05, 4.69) is 6.92 Å². The van der Waals surface area contributed by atoms with Crippen molar-refractivity contribution in [1.82, 2.24) is 0 Å². The second kappa shape index (κ2) is 19.5. The summed E-state index contributed by atoms with van der Waals surface area (Å²) in [5.41, 5.74) is 6.86. The lowest BCUT2D eigenvalue weighted by Crippen LogP contribution is -1.97. The van der Waals surface area contributed by atoms with Crippen LogP contribution in [0.1, 0.15) is 65.2 Å². The Balaban J connectivity index is 0. The lowest BCUT2D eigenvalue weighted by atomic mass is 10.1. The molecule has 0 saturated carbocycles. The third kappa shape index (κ3) is 24.9. The molecule has 92 valence electrons. The fraction of sp³-hybridized carbons (Fsp3) is 0.846. The molecule has 0 aliphatic rings. The van der Waals surface area contributed by atoms with Crippen LogP contribution >= 0.6 is 11.6 Å². The quantitative estimate of drug-likeness (QED) is 0.597. The SMILES string of the molecule is CC=CCl.CCCCCCCCCCN.